The molecule has 7 nitrogen and oxygen atoms in total. The summed E-state index contributed by atoms with van der Waals surface area (Å²) in [6, 6.07) is 4.97. The van der Waals surface area contributed by atoms with Crippen LogP contribution in [0.4, 0.5) is 0 Å². The van der Waals surface area contributed by atoms with Gasteiger partial charge in [0, 0.05) is 45.6 Å². The Balaban J connectivity index is 1.64. The Labute approximate surface area is 152 Å². The van der Waals surface area contributed by atoms with Crippen molar-refractivity contribution < 1.29 is 14.6 Å². The predicted molar refractivity (Wildman–Crippen MR) is 96.3 cm³/mol. The SMILES string of the molecule is CO[C@H]1CC[C@@]2(OC)CCN(Cc3cc(=O)n4cccc(O)c4n3)[C@H]2C1. The Morgan fingerprint density at radius 1 is 1.38 bits per heavy atom. The molecule has 26 heavy (non-hydrogen) atoms. The van der Waals surface area contributed by atoms with Crippen LogP contribution in [0.1, 0.15) is 31.4 Å². The molecule has 3 heterocycles. The van der Waals surface area contributed by atoms with Crippen LogP contribution in [0, 0.1) is 0 Å². The average molecular weight is 359 g/mol. The average Bonchev–Trinajstić information content (AvgIpc) is 3.01. The van der Waals surface area contributed by atoms with E-state index in [2.05, 4.69) is 9.88 Å². The van der Waals surface area contributed by atoms with Crippen molar-refractivity contribution in [3.8, 4) is 5.75 Å². The topological polar surface area (TPSA) is 76.3 Å². The highest BCUT2D eigenvalue weighted by molar-refractivity contribution is 5.52. The van der Waals surface area contributed by atoms with Gasteiger partial charge in [-0.3, -0.25) is 14.1 Å². The zero-order valence-corrected chi connectivity index (χ0v) is 15.2. The van der Waals surface area contributed by atoms with Gasteiger partial charge >= 0.3 is 0 Å². The molecule has 1 N–H and O–H groups in total. The van der Waals surface area contributed by atoms with Gasteiger partial charge in [0.05, 0.1) is 17.4 Å². The number of methoxy groups -OCH3 is 2. The summed E-state index contributed by atoms with van der Waals surface area (Å²) in [6.07, 6.45) is 5.74. The minimum absolute atomic E-state index is 0.0104. The monoisotopic (exact) mass is 359 g/mol. The first kappa shape index (κ1) is 17.5. The molecule has 0 spiro atoms. The number of ether oxygens (including phenoxy) is 2. The first-order valence-electron chi connectivity index (χ1n) is 9.08. The lowest BCUT2D eigenvalue weighted by Gasteiger charge is -2.43. The maximum atomic E-state index is 12.4. The van der Waals surface area contributed by atoms with Gasteiger partial charge < -0.3 is 14.6 Å². The molecule has 2 fully saturated rings. The maximum absolute atomic E-state index is 12.4. The van der Waals surface area contributed by atoms with Gasteiger partial charge in [0.15, 0.2) is 11.4 Å². The lowest BCUT2D eigenvalue weighted by atomic mass is 9.79. The quantitative estimate of drug-likeness (QED) is 0.893. The van der Waals surface area contributed by atoms with Gasteiger partial charge in [-0.15, -0.1) is 0 Å². The van der Waals surface area contributed by atoms with Gasteiger partial charge in [0.2, 0.25) is 0 Å². The molecule has 1 saturated carbocycles. The largest absolute Gasteiger partial charge is 0.504 e. The molecule has 2 aromatic rings. The van der Waals surface area contributed by atoms with E-state index in [1.54, 1.807) is 38.6 Å². The molecular weight excluding hydrogens is 334 g/mol. The van der Waals surface area contributed by atoms with E-state index in [-0.39, 0.29) is 29.1 Å². The van der Waals surface area contributed by atoms with Gasteiger partial charge in [0.25, 0.3) is 5.56 Å². The molecule has 2 aromatic heterocycles. The molecule has 0 radical (unpaired) electrons. The number of rotatable bonds is 4. The molecule has 0 unspecified atom stereocenters. The standard InChI is InChI=1S/C19H25N3O4/c1-25-14-5-6-19(26-2)7-9-21(16(19)11-14)12-13-10-17(24)22-8-3-4-15(23)18(22)20-13/h3-4,8,10,14,16,23H,5-7,9,11-12H2,1-2H3/t14-,16-,19+/m0/s1. The first-order chi connectivity index (χ1) is 12.6. The van der Waals surface area contributed by atoms with Crippen molar-refractivity contribution in [1.82, 2.24) is 14.3 Å². The lowest BCUT2D eigenvalue weighted by molar-refractivity contribution is -0.0948. The van der Waals surface area contributed by atoms with Crippen LogP contribution in [0.15, 0.2) is 29.2 Å². The van der Waals surface area contributed by atoms with Crippen molar-refractivity contribution in [2.45, 2.75) is 50.0 Å². The van der Waals surface area contributed by atoms with E-state index in [0.29, 0.717) is 17.9 Å². The summed E-state index contributed by atoms with van der Waals surface area (Å²) in [5, 5.41) is 10.0. The van der Waals surface area contributed by atoms with Gasteiger partial charge in [0.1, 0.15) is 0 Å². The Kier molecular flexibility index (Phi) is 4.46. The zero-order chi connectivity index (χ0) is 18.3. The molecule has 4 rings (SSSR count). The third-order valence-corrected chi connectivity index (χ3v) is 6.07. The van der Waals surface area contributed by atoms with Crippen LogP contribution in [-0.4, -0.2) is 57.9 Å². The highest BCUT2D eigenvalue weighted by atomic mass is 16.5. The second kappa shape index (κ2) is 6.64. The minimum Gasteiger partial charge on any atom is -0.504 e. The summed E-state index contributed by atoms with van der Waals surface area (Å²) in [6.45, 7) is 1.46. The molecule has 2 aliphatic rings. The van der Waals surface area contributed by atoms with Crippen LogP contribution in [0.25, 0.3) is 5.65 Å². The van der Waals surface area contributed by atoms with Crippen molar-refractivity contribution in [3.63, 3.8) is 0 Å². The minimum atomic E-state index is -0.184. The molecule has 1 saturated heterocycles. The molecule has 0 amide bonds. The Morgan fingerprint density at radius 2 is 2.23 bits per heavy atom. The predicted octanol–water partition coefficient (Wildman–Crippen LogP) is 1.56. The van der Waals surface area contributed by atoms with Crippen molar-refractivity contribution >= 4 is 5.65 Å². The Morgan fingerprint density at radius 3 is 3.00 bits per heavy atom. The maximum Gasteiger partial charge on any atom is 0.258 e. The van der Waals surface area contributed by atoms with Crippen LogP contribution < -0.4 is 5.56 Å². The van der Waals surface area contributed by atoms with E-state index in [1.165, 1.54) is 4.40 Å². The summed E-state index contributed by atoms with van der Waals surface area (Å²) >= 11 is 0. The molecule has 3 atom stereocenters. The van der Waals surface area contributed by atoms with Gasteiger partial charge in [-0.1, -0.05) is 0 Å². The van der Waals surface area contributed by atoms with E-state index in [1.807, 2.05) is 0 Å². The highest BCUT2D eigenvalue weighted by Crippen LogP contribution is 2.43. The van der Waals surface area contributed by atoms with E-state index in [9.17, 15) is 9.90 Å². The molecule has 0 bridgehead atoms. The molecule has 0 aromatic carbocycles. The van der Waals surface area contributed by atoms with Gasteiger partial charge in [-0.25, -0.2) is 4.98 Å². The summed E-state index contributed by atoms with van der Waals surface area (Å²) < 4.78 is 12.9. The third-order valence-electron chi connectivity index (χ3n) is 6.07. The van der Waals surface area contributed by atoms with Crippen LogP contribution in [0.5, 0.6) is 5.75 Å². The van der Waals surface area contributed by atoms with Crippen LogP contribution in [-0.2, 0) is 16.0 Å². The number of aromatic nitrogens is 2. The smallest absolute Gasteiger partial charge is 0.258 e. The lowest BCUT2D eigenvalue weighted by Crippen LogP contribution is -2.51. The number of hydrogen-bond acceptors (Lipinski definition) is 6. The fourth-order valence-corrected chi connectivity index (χ4v) is 4.61. The van der Waals surface area contributed by atoms with Crippen LogP contribution in [0.2, 0.25) is 0 Å². The number of fused-ring (bicyclic) bond motifs is 2. The van der Waals surface area contributed by atoms with Crippen LogP contribution in [0.3, 0.4) is 0 Å². The second-order valence-electron chi connectivity index (χ2n) is 7.31. The fourth-order valence-electron chi connectivity index (χ4n) is 4.61. The Bertz CT molecular complexity index is 867. The van der Waals surface area contributed by atoms with Crippen molar-refractivity contribution in [2.75, 3.05) is 20.8 Å². The number of hydrogen-bond donors (Lipinski definition) is 1. The number of aromatic hydroxyl groups is 1. The van der Waals surface area contributed by atoms with Crippen molar-refractivity contribution in [2.24, 2.45) is 0 Å². The first-order valence-corrected chi connectivity index (χ1v) is 9.08. The summed E-state index contributed by atoms with van der Waals surface area (Å²) in [4.78, 5) is 19.2. The molecule has 1 aliphatic heterocycles. The van der Waals surface area contributed by atoms with Crippen molar-refractivity contribution in [1.29, 1.82) is 0 Å². The normalized spacial score (nSPS) is 29.2. The Hall–Kier alpha value is -1.96. The summed E-state index contributed by atoms with van der Waals surface area (Å²) in [5.74, 6) is 0.0104. The van der Waals surface area contributed by atoms with E-state index in [0.717, 1.165) is 32.2 Å². The summed E-state index contributed by atoms with van der Waals surface area (Å²) in [5.41, 5.74) is 0.647. The van der Waals surface area contributed by atoms with Crippen LogP contribution >= 0.6 is 0 Å². The number of pyridine rings is 1. The van der Waals surface area contributed by atoms with Crippen molar-refractivity contribution in [3.05, 3.63) is 40.4 Å². The van der Waals surface area contributed by atoms with E-state index < -0.39 is 0 Å². The zero-order valence-electron chi connectivity index (χ0n) is 15.2. The number of nitrogens with zero attached hydrogens (tertiary/aromatic N) is 3. The van der Waals surface area contributed by atoms with Gasteiger partial charge in [-0.2, -0.15) is 0 Å². The van der Waals surface area contributed by atoms with Gasteiger partial charge in [-0.05, 0) is 37.8 Å². The second-order valence-corrected chi connectivity index (χ2v) is 7.31. The molecular formula is C19H25N3O4. The number of likely N-dealkylation sites (tertiary alicyclic amines) is 1. The van der Waals surface area contributed by atoms with E-state index >= 15 is 0 Å². The molecule has 140 valence electrons. The summed E-state index contributed by atoms with van der Waals surface area (Å²) in [7, 11) is 3.56. The fraction of sp³-hybridized carbons (Fsp3) is 0.579. The highest BCUT2D eigenvalue weighted by Gasteiger charge is 2.51. The van der Waals surface area contributed by atoms with E-state index in [4.69, 9.17) is 9.47 Å². The molecule has 1 aliphatic carbocycles. The molecule has 7 heteroatoms. The third kappa shape index (κ3) is 2.80.